The average molecular weight is 292 g/mol. The molecule has 0 amide bonds. The summed E-state index contributed by atoms with van der Waals surface area (Å²) in [5, 5.41) is 6.77. The molecule has 1 heterocycles. The number of ether oxygens (including phenoxy) is 1. The Morgan fingerprint density at radius 3 is 2.81 bits per heavy atom. The number of esters is 1. The van der Waals surface area contributed by atoms with Gasteiger partial charge < -0.3 is 4.74 Å². The summed E-state index contributed by atoms with van der Waals surface area (Å²) >= 11 is 0. The number of rotatable bonds is 4. The van der Waals surface area contributed by atoms with Crippen LogP contribution in [0, 0.1) is 11.9 Å². The number of nitrogens with zero attached hydrogens (tertiary/aromatic N) is 1. The van der Waals surface area contributed by atoms with Gasteiger partial charge in [-0.2, -0.15) is 9.49 Å². The summed E-state index contributed by atoms with van der Waals surface area (Å²) in [6, 6.07) is 5.47. The van der Waals surface area contributed by atoms with E-state index in [1.807, 2.05) is 39.8 Å². The van der Waals surface area contributed by atoms with E-state index in [4.69, 9.17) is 4.74 Å². The Morgan fingerprint density at radius 1 is 1.43 bits per heavy atom. The molecule has 1 atom stereocenters. The lowest BCUT2D eigenvalue weighted by molar-refractivity contribution is -0.155. The van der Waals surface area contributed by atoms with Crippen LogP contribution in [-0.2, 0) is 16.0 Å². The second-order valence-corrected chi connectivity index (χ2v) is 6.45. The van der Waals surface area contributed by atoms with Crippen LogP contribution in [0.3, 0.4) is 0 Å². The Morgan fingerprint density at radius 2 is 2.14 bits per heavy atom. The molecule has 0 unspecified atom stereocenters. The second-order valence-electron chi connectivity index (χ2n) is 6.45. The third-order valence-corrected chi connectivity index (χ3v) is 3.13. The van der Waals surface area contributed by atoms with Gasteiger partial charge in [-0.25, -0.2) is 0 Å². The fraction of sp³-hybridized carbons (Fsp3) is 0.500. The van der Waals surface area contributed by atoms with Gasteiger partial charge in [-0.1, -0.05) is 19.1 Å². The Kier molecular flexibility index (Phi) is 4.30. The summed E-state index contributed by atoms with van der Waals surface area (Å²) < 4.78 is 19.0. The average Bonchev–Trinajstić information content (AvgIpc) is 2.69. The zero-order valence-corrected chi connectivity index (χ0v) is 12.9. The van der Waals surface area contributed by atoms with Gasteiger partial charge in [0.25, 0.3) is 0 Å². The predicted octanol–water partition coefficient (Wildman–Crippen LogP) is 3.61. The highest BCUT2D eigenvalue weighted by atomic mass is 19.1. The fourth-order valence-corrected chi connectivity index (χ4v) is 2.38. The molecule has 5 heteroatoms. The maximum absolute atomic E-state index is 13.7. The van der Waals surface area contributed by atoms with Crippen molar-refractivity contribution >= 4 is 16.9 Å². The minimum Gasteiger partial charge on any atom is -0.460 e. The summed E-state index contributed by atoms with van der Waals surface area (Å²) in [7, 11) is 0. The number of hydrogen-bond acceptors (Lipinski definition) is 3. The molecule has 0 saturated heterocycles. The molecule has 0 aliphatic heterocycles. The highest BCUT2D eigenvalue weighted by Gasteiger charge is 2.19. The van der Waals surface area contributed by atoms with Gasteiger partial charge in [-0.05, 0) is 44.7 Å². The van der Waals surface area contributed by atoms with Gasteiger partial charge in [0, 0.05) is 6.42 Å². The van der Waals surface area contributed by atoms with E-state index >= 15 is 0 Å². The van der Waals surface area contributed by atoms with Crippen molar-refractivity contribution in [1.29, 1.82) is 0 Å². The number of nitrogens with one attached hydrogen (secondary N) is 1. The first-order chi connectivity index (χ1) is 9.76. The van der Waals surface area contributed by atoms with Gasteiger partial charge in [0.1, 0.15) is 5.60 Å². The quantitative estimate of drug-likeness (QED) is 0.876. The Bertz CT molecular complexity index is 643. The van der Waals surface area contributed by atoms with E-state index in [0.29, 0.717) is 23.7 Å². The molecule has 2 aromatic rings. The number of carbonyl (C=O) groups is 1. The number of aromatic nitrogens is 2. The summed E-state index contributed by atoms with van der Waals surface area (Å²) in [6.45, 7) is 7.49. The molecule has 4 nitrogen and oxygen atoms in total. The van der Waals surface area contributed by atoms with Crippen LogP contribution in [0.2, 0.25) is 0 Å². The van der Waals surface area contributed by atoms with Gasteiger partial charge >= 0.3 is 5.97 Å². The van der Waals surface area contributed by atoms with Crippen molar-refractivity contribution in [2.45, 2.75) is 46.1 Å². The van der Waals surface area contributed by atoms with Crippen LogP contribution in [-0.4, -0.2) is 21.8 Å². The Hall–Kier alpha value is -1.91. The molecule has 1 aromatic heterocycles. The molecule has 0 spiro atoms. The molecule has 114 valence electrons. The van der Waals surface area contributed by atoms with Gasteiger partial charge in [0.05, 0.1) is 10.9 Å². The van der Waals surface area contributed by atoms with Crippen LogP contribution in [0.5, 0.6) is 0 Å². The van der Waals surface area contributed by atoms with E-state index < -0.39 is 11.5 Å². The lowest BCUT2D eigenvalue weighted by Crippen LogP contribution is -2.25. The first-order valence-electron chi connectivity index (χ1n) is 7.09. The predicted molar refractivity (Wildman–Crippen MR) is 79.4 cm³/mol. The number of carbonyl (C=O) groups excluding carboxylic acids is 1. The van der Waals surface area contributed by atoms with Crippen molar-refractivity contribution in [1.82, 2.24) is 10.2 Å². The Labute approximate surface area is 123 Å². The number of hydrogen-bond donors (Lipinski definition) is 1. The topological polar surface area (TPSA) is 55.0 Å². The maximum atomic E-state index is 13.7. The highest BCUT2D eigenvalue weighted by molar-refractivity contribution is 5.82. The first kappa shape index (κ1) is 15.5. The summed E-state index contributed by atoms with van der Waals surface area (Å²) in [4.78, 5) is 11.8. The maximum Gasteiger partial charge on any atom is 0.306 e. The van der Waals surface area contributed by atoms with E-state index in [-0.39, 0.29) is 11.9 Å². The van der Waals surface area contributed by atoms with E-state index in [1.54, 1.807) is 6.07 Å². The zero-order chi connectivity index (χ0) is 15.6. The van der Waals surface area contributed by atoms with Crippen LogP contribution < -0.4 is 0 Å². The summed E-state index contributed by atoms with van der Waals surface area (Å²) in [6.07, 6.45) is 0.917. The van der Waals surface area contributed by atoms with Gasteiger partial charge in [0.2, 0.25) is 5.95 Å². The summed E-state index contributed by atoms with van der Waals surface area (Å²) in [5.41, 5.74) is 0.984. The molecule has 0 radical (unpaired) electrons. The first-order valence-corrected chi connectivity index (χ1v) is 7.09. The lowest BCUT2D eigenvalue weighted by atomic mass is 9.96. The van der Waals surface area contributed by atoms with E-state index in [9.17, 15) is 9.18 Å². The molecule has 21 heavy (non-hydrogen) atoms. The van der Waals surface area contributed by atoms with Crippen LogP contribution in [0.25, 0.3) is 10.9 Å². The van der Waals surface area contributed by atoms with Gasteiger partial charge in [0.15, 0.2) is 0 Å². The SMILES string of the molecule is C[C@@H](CC(=O)OC(C)(C)C)Cc1cccc2n[nH]c(F)c12. The van der Waals surface area contributed by atoms with Crippen molar-refractivity contribution < 1.29 is 13.9 Å². The lowest BCUT2D eigenvalue weighted by Gasteiger charge is -2.21. The van der Waals surface area contributed by atoms with Crippen LogP contribution in [0.4, 0.5) is 4.39 Å². The molecule has 0 fully saturated rings. The third-order valence-electron chi connectivity index (χ3n) is 3.13. The molecular weight excluding hydrogens is 271 g/mol. The minimum absolute atomic E-state index is 0.0692. The molecule has 2 rings (SSSR count). The molecule has 0 aliphatic carbocycles. The number of fused-ring (bicyclic) bond motifs is 1. The number of halogens is 1. The smallest absolute Gasteiger partial charge is 0.306 e. The van der Waals surface area contributed by atoms with Crippen LogP contribution >= 0.6 is 0 Å². The summed E-state index contributed by atoms with van der Waals surface area (Å²) in [5.74, 6) is -0.584. The number of aromatic amines is 1. The highest BCUT2D eigenvalue weighted by Crippen LogP contribution is 2.23. The van der Waals surface area contributed by atoms with E-state index in [0.717, 1.165) is 5.56 Å². The standard InChI is InChI=1S/C16H21FN2O2/c1-10(9-13(20)21-16(2,3)4)8-11-6-5-7-12-14(11)15(17)19-18-12/h5-7,10H,8-9H2,1-4H3,(H,18,19)/t10-/m1/s1. The minimum atomic E-state index is -0.479. The third kappa shape index (κ3) is 4.03. The van der Waals surface area contributed by atoms with Crippen molar-refractivity contribution in [2.24, 2.45) is 5.92 Å². The molecule has 1 N–H and O–H groups in total. The molecule has 1 aromatic carbocycles. The van der Waals surface area contributed by atoms with Crippen molar-refractivity contribution in [3.05, 3.63) is 29.7 Å². The molecule has 0 aliphatic rings. The van der Waals surface area contributed by atoms with Crippen LogP contribution in [0.1, 0.15) is 39.7 Å². The van der Waals surface area contributed by atoms with E-state index in [1.165, 1.54) is 0 Å². The number of H-pyrrole nitrogens is 1. The zero-order valence-electron chi connectivity index (χ0n) is 12.9. The Balaban J connectivity index is 2.06. The second kappa shape index (κ2) is 5.84. The van der Waals surface area contributed by atoms with E-state index in [2.05, 4.69) is 10.2 Å². The number of benzene rings is 1. The normalized spacial score (nSPS) is 13.4. The van der Waals surface area contributed by atoms with Crippen molar-refractivity contribution in [3.63, 3.8) is 0 Å². The fourth-order valence-electron chi connectivity index (χ4n) is 2.38. The van der Waals surface area contributed by atoms with Crippen molar-refractivity contribution in [3.8, 4) is 0 Å². The van der Waals surface area contributed by atoms with Crippen LogP contribution in [0.15, 0.2) is 18.2 Å². The molecular formula is C16H21FN2O2. The monoisotopic (exact) mass is 292 g/mol. The van der Waals surface area contributed by atoms with Gasteiger partial charge in [-0.3, -0.25) is 9.89 Å². The van der Waals surface area contributed by atoms with Gasteiger partial charge in [-0.15, -0.1) is 0 Å². The van der Waals surface area contributed by atoms with Crippen molar-refractivity contribution in [2.75, 3.05) is 0 Å². The molecule has 0 saturated carbocycles. The largest absolute Gasteiger partial charge is 0.460 e. The molecule has 0 bridgehead atoms.